The fraction of sp³-hybridized carbons (Fsp3) is 0.562. The molecule has 1 unspecified atom stereocenters. The Morgan fingerprint density at radius 3 is 2.65 bits per heavy atom. The number of hydrogen-bond donors (Lipinski definition) is 1. The number of carbonyl (C=O) groups excluding carboxylic acids is 2. The van der Waals surface area contributed by atoms with Crippen LogP contribution in [0.2, 0.25) is 0 Å². The third kappa shape index (κ3) is 4.84. The second kappa shape index (κ2) is 6.85. The normalized spacial score (nSPS) is 17.7. The number of rotatable bonds is 3. The Morgan fingerprint density at radius 1 is 1.35 bits per heavy atom. The SMILES string of the molecule is COC(=O)c1ccc(NC2CCN(C(=O)OC(C)(C)C)C2)cn1. The first kappa shape index (κ1) is 17.1. The zero-order chi connectivity index (χ0) is 17.0. The van der Waals surface area contributed by atoms with Crippen LogP contribution in [0, 0.1) is 0 Å². The van der Waals surface area contributed by atoms with Crippen molar-refractivity contribution in [1.82, 2.24) is 9.88 Å². The van der Waals surface area contributed by atoms with Gasteiger partial charge in [0.15, 0.2) is 0 Å². The molecule has 1 atom stereocenters. The molecule has 0 radical (unpaired) electrons. The molecule has 0 spiro atoms. The molecule has 1 aliphatic heterocycles. The molecule has 0 bridgehead atoms. The summed E-state index contributed by atoms with van der Waals surface area (Å²) in [5, 5.41) is 3.31. The van der Waals surface area contributed by atoms with E-state index < -0.39 is 11.6 Å². The summed E-state index contributed by atoms with van der Waals surface area (Å²) in [7, 11) is 1.32. The van der Waals surface area contributed by atoms with Gasteiger partial charge < -0.3 is 19.7 Å². The molecule has 2 heterocycles. The smallest absolute Gasteiger partial charge is 0.410 e. The van der Waals surface area contributed by atoms with Gasteiger partial charge in [-0.2, -0.15) is 0 Å². The molecule has 0 aromatic carbocycles. The minimum Gasteiger partial charge on any atom is -0.464 e. The van der Waals surface area contributed by atoms with E-state index in [1.807, 2.05) is 20.8 Å². The Morgan fingerprint density at radius 2 is 2.09 bits per heavy atom. The molecule has 7 nitrogen and oxygen atoms in total. The monoisotopic (exact) mass is 321 g/mol. The third-order valence-electron chi connectivity index (χ3n) is 3.37. The number of nitrogens with one attached hydrogen (secondary N) is 1. The van der Waals surface area contributed by atoms with Crippen molar-refractivity contribution in [3.8, 4) is 0 Å². The maximum atomic E-state index is 12.0. The van der Waals surface area contributed by atoms with Crippen LogP contribution in [0.4, 0.5) is 10.5 Å². The number of methoxy groups -OCH3 is 1. The Kier molecular flexibility index (Phi) is 5.08. The number of pyridine rings is 1. The molecular formula is C16H23N3O4. The average molecular weight is 321 g/mol. The predicted molar refractivity (Wildman–Crippen MR) is 85.4 cm³/mol. The Balaban J connectivity index is 1.88. The second-order valence-electron chi connectivity index (χ2n) is 6.48. The second-order valence-corrected chi connectivity index (χ2v) is 6.48. The lowest BCUT2D eigenvalue weighted by Gasteiger charge is -2.24. The van der Waals surface area contributed by atoms with E-state index in [1.165, 1.54) is 7.11 Å². The highest BCUT2D eigenvalue weighted by Gasteiger charge is 2.29. The van der Waals surface area contributed by atoms with Crippen molar-refractivity contribution in [3.05, 3.63) is 24.0 Å². The van der Waals surface area contributed by atoms with E-state index >= 15 is 0 Å². The maximum Gasteiger partial charge on any atom is 0.410 e. The van der Waals surface area contributed by atoms with Crippen LogP contribution in [-0.2, 0) is 9.47 Å². The highest BCUT2D eigenvalue weighted by molar-refractivity contribution is 5.87. The molecule has 1 aromatic rings. The van der Waals surface area contributed by atoms with Gasteiger partial charge in [0, 0.05) is 19.1 Å². The summed E-state index contributed by atoms with van der Waals surface area (Å²) in [6, 6.07) is 3.51. The third-order valence-corrected chi connectivity index (χ3v) is 3.37. The summed E-state index contributed by atoms with van der Waals surface area (Å²) in [5.74, 6) is -0.464. The number of likely N-dealkylation sites (tertiary alicyclic amines) is 1. The molecule has 1 aliphatic rings. The standard InChI is InChI=1S/C16H23N3O4/c1-16(2,3)23-15(21)19-8-7-12(10-19)18-11-5-6-13(17-9-11)14(20)22-4/h5-6,9,12,18H,7-8,10H2,1-4H3. The molecular weight excluding hydrogens is 298 g/mol. The van der Waals surface area contributed by atoms with Crippen molar-refractivity contribution in [2.45, 2.75) is 38.8 Å². The molecule has 1 fully saturated rings. The molecule has 23 heavy (non-hydrogen) atoms. The van der Waals surface area contributed by atoms with Gasteiger partial charge in [-0.15, -0.1) is 0 Å². The van der Waals surface area contributed by atoms with Gasteiger partial charge >= 0.3 is 12.1 Å². The van der Waals surface area contributed by atoms with Crippen LogP contribution in [0.5, 0.6) is 0 Å². The zero-order valence-corrected chi connectivity index (χ0v) is 14.0. The topological polar surface area (TPSA) is 80.8 Å². The Labute approximate surface area is 136 Å². The number of ether oxygens (including phenoxy) is 2. The largest absolute Gasteiger partial charge is 0.464 e. The number of anilines is 1. The van der Waals surface area contributed by atoms with Crippen LogP contribution in [0.25, 0.3) is 0 Å². The summed E-state index contributed by atoms with van der Waals surface area (Å²) in [6.45, 7) is 6.79. The maximum absolute atomic E-state index is 12.0. The molecule has 1 N–H and O–H groups in total. The predicted octanol–water partition coefficient (Wildman–Crippen LogP) is 2.29. The molecule has 2 rings (SSSR count). The molecule has 1 aromatic heterocycles. The van der Waals surface area contributed by atoms with Crippen LogP contribution in [0.3, 0.4) is 0 Å². The van der Waals surface area contributed by atoms with Gasteiger partial charge in [0.1, 0.15) is 11.3 Å². The summed E-state index contributed by atoms with van der Waals surface area (Å²) in [4.78, 5) is 29.1. The molecule has 126 valence electrons. The van der Waals surface area contributed by atoms with E-state index in [-0.39, 0.29) is 17.8 Å². The van der Waals surface area contributed by atoms with Crippen molar-refractivity contribution in [1.29, 1.82) is 0 Å². The first-order valence-corrected chi connectivity index (χ1v) is 7.57. The number of nitrogens with zero attached hydrogens (tertiary/aromatic N) is 2. The molecule has 0 aliphatic carbocycles. The van der Waals surface area contributed by atoms with Gasteiger partial charge in [0.2, 0.25) is 0 Å². The van der Waals surface area contributed by atoms with E-state index in [9.17, 15) is 9.59 Å². The van der Waals surface area contributed by atoms with Gasteiger partial charge in [-0.1, -0.05) is 0 Å². The van der Waals surface area contributed by atoms with Crippen LogP contribution in [-0.4, -0.2) is 53.8 Å². The van der Waals surface area contributed by atoms with Crippen molar-refractivity contribution in [2.75, 3.05) is 25.5 Å². The summed E-state index contributed by atoms with van der Waals surface area (Å²) >= 11 is 0. The van der Waals surface area contributed by atoms with Crippen molar-refractivity contribution >= 4 is 17.7 Å². The van der Waals surface area contributed by atoms with Crippen LogP contribution >= 0.6 is 0 Å². The van der Waals surface area contributed by atoms with Crippen molar-refractivity contribution in [3.63, 3.8) is 0 Å². The minimum atomic E-state index is -0.490. The number of hydrogen-bond acceptors (Lipinski definition) is 6. The minimum absolute atomic E-state index is 0.133. The van der Waals surface area contributed by atoms with Crippen LogP contribution < -0.4 is 5.32 Å². The lowest BCUT2D eigenvalue weighted by atomic mass is 10.2. The summed E-state index contributed by atoms with van der Waals surface area (Å²) < 4.78 is 9.98. The Hall–Kier alpha value is -2.31. The van der Waals surface area contributed by atoms with E-state index in [4.69, 9.17) is 4.74 Å². The van der Waals surface area contributed by atoms with Gasteiger partial charge in [-0.3, -0.25) is 0 Å². The average Bonchev–Trinajstić information content (AvgIpc) is 2.94. The molecule has 1 amide bonds. The van der Waals surface area contributed by atoms with Crippen LogP contribution in [0.1, 0.15) is 37.7 Å². The van der Waals surface area contributed by atoms with Crippen molar-refractivity contribution < 1.29 is 19.1 Å². The highest BCUT2D eigenvalue weighted by atomic mass is 16.6. The summed E-state index contributed by atoms with van der Waals surface area (Å²) in [6.07, 6.45) is 2.13. The van der Waals surface area contributed by atoms with E-state index in [1.54, 1.807) is 23.2 Å². The lowest BCUT2D eigenvalue weighted by molar-refractivity contribution is 0.0293. The number of carbonyl (C=O) groups is 2. The molecule has 7 heteroatoms. The van der Waals surface area contributed by atoms with Crippen molar-refractivity contribution in [2.24, 2.45) is 0 Å². The van der Waals surface area contributed by atoms with Gasteiger partial charge in [0.05, 0.1) is 19.0 Å². The lowest BCUT2D eigenvalue weighted by Crippen LogP contribution is -2.36. The fourth-order valence-electron chi connectivity index (χ4n) is 2.31. The van der Waals surface area contributed by atoms with Crippen LogP contribution in [0.15, 0.2) is 18.3 Å². The highest BCUT2D eigenvalue weighted by Crippen LogP contribution is 2.18. The molecule has 1 saturated heterocycles. The number of esters is 1. The van der Waals surface area contributed by atoms with E-state index in [0.29, 0.717) is 13.1 Å². The first-order valence-electron chi connectivity index (χ1n) is 7.57. The van der Waals surface area contributed by atoms with Gasteiger partial charge in [-0.25, -0.2) is 14.6 Å². The van der Waals surface area contributed by atoms with E-state index in [0.717, 1.165) is 12.1 Å². The summed E-state index contributed by atoms with van der Waals surface area (Å²) in [5.41, 5.74) is 0.574. The number of aromatic nitrogens is 1. The first-order chi connectivity index (χ1) is 10.8. The van der Waals surface area contributed by atoms with Gasteiger partial charge in [-0.05, 0) is 39.3 Å². The zero-order valence-electron chi connectivity index (χ0n) is 14.0. The molecule has 0 saturated carbocycles. The fourth-order valence-corrected chi connectivity index (χ4v) is 2.31. The Bertz CT molecular complexity index is 566. The number of amides is 1. The van der Waals surface area contributed by atoms with E-state index in [2.05, 4.69) is 15.0 Å². The quantitative estimate of drug-likeness (QED) is 0.860. The van der Waals surface area contributed by atoms with Gasteiger partial charge in [0.25, 0.3) is 0 Å².